The lowest BCUT2D eigenvalue weighted by atomic mass is 9.86. The molecule has 0 unspecified atom stereocenters. The van der Waals surface area contributed by atoms with Crippen LogP contribution in [0.3, 0.4) is 0 Å². The van der Waals surface area contributed by atoms with E-state index in [0.29, 0.717) is 12.5 Å². The molecule has 7 nitrogen and oxygen atoms in total. The minimum Gasteiger partial charge on any atom is -0.356 e. The number of sulfonamides is 1. The Bertz CT molecular complexity index is 840. The lowest BCUT2D eigenvalue weighted by molar-refractivity contribution is 0.316. The van der Waals surface area contributed by atoms with E-state index in [2.05, 4.69) is 44.1 Å². The van der Waals surface area contributed by atoms with Crippen LogP contribution in [0.5, 0.6) is 0 Å². The molecule has 0 atom stereocenters. The number of aromatic nitrogens is 3. The third-order valence-electron chi connectivity index (χ3n) is 4.86. The lowest BCUT2D eigenvalue weighted by Crippen LogP contribution is -2.53. The maximum absolute atomic E-state index is 11.9. The van der Waals surface area contributed by atoms with Crippen molar-refractivity contribution in [1.82, 2.24) is 19.3 Å². The van der Waals surface area contributed by atoms with Gasteiger partial charge in [-0.1, -0.05) is 6.92 Å². The molecule has 0 amide bonds. The number of rotatable bonds is 7. The fourth-order valence-corrected chi connectivity index (χ4v) is 4.77. The van der Waals surface area contributed by atoms with Gasteiger partial charge in [-0.15, -0.1) is 0 Å². The van der Waals surface area contributed by atoms with Crippen molar-refractivity contribution in [1.29, 1.82) is 0 Å². The molecule has 2 aromatic heterocycles. The molecule has 0 spiro atoms. The van der Waals surface area contributed by atoms with Crippen molar-refractivity contribution < 1.29 is 8.42 Å². The average Bonchev–Trinajstić information content (AvgIpc) is 2.94. The van der Waals surface area contributed by atoms with E-state index >= 15 is 0 Å². The molecule has 0 radical (unpaired) electrons. The minimum atomic E-state index is -3.14. The van der Waals surface area contributed by atoms with Crippen LogP contribution in [0.1, 0.15) is 46.1 Å². The van der Waals surface area contributed by atoms with Crippen LogP contribution < -0.4 is 9.62 Å². The molecule has 8 heteroatoms. The normalized spacial score (nSPS) is 20.8. The Balaban J connectivity index is 1.71. The first-order valence-electron chi connectivity index (χ1n) is 8.86. The van der Waals surface area contributed by atoms with Gasteiger partial charge in [0, 0.05) is 31.4 Å². The largest absolute Gasteiger partial charge is 0.356 e. The van der Waals surface area contributed by atoms with Gasteiger partial charge in [0.05, 0.1) is 11.1 Å². The van der Waals surface area contributed by atoms with Crippen LogP contribution in [0.2, 0.25) is 0 Å². The molecule has 1 aliphatic rings. The van der Waals surface area contributed by atoms with E-state index in [1.54, 1.807) is 6.33 Å². The van der Waals surface area contributed by atoms with Gasteiger partial charge in [0.15, 0.2) is 0 Å². The zero-order chi connectivity index (χ0) is 18.2. The topological polar surface area (TPSA) is 80.1 Å². The number of anilines is 1. The van der Waals surface area contributed by atoms with Crippen molar-refractivity contribution in [2.75, 3.05) is 17.7 Å². The highest BCUT2D eigenvalue weighted by molar-refractivity contribution is 7.89. The quantitative estimate of drug-likeness (QED) is 0.814. The predicted octanol–water partition coefficient (Wildman–Crippen LogP) is 2.31. The van der Waals surface area contributed by atoms with Crippen molar-refractivity contribution in [2.45, 2.75) is 58.2 Å². The molecule has 1 aliphatic carbocycles. The van der Waals surface area contributed by atoms with Gasteiger partial charge < -0.3 is 9.47 Å². The van der Waals surface area contributed by atoms with Crippen molar-refractivity contribution in [3.05, 3.63) is 18.6 Å². The fraction of sp³-hybridized carbons (Fsp3) is 0.647. The maximum atomic E-state index is 11.9. The molecule has 3 rings (SSSR count). The summed E-state index contributed by atoms with van der Waals surface area (Å²) in [4.78, 5) is 11.1. The van der Waals surface area contributed by atoms with Gasteiger partial charge in [0.1, 0.15) is 17.8 Å². The van der Waals surface area contributed by atoms with Gasteiger partial charge in [0.2, 0.25) is 10.0 Å². The van der Waals surface area contributed by atoms with E-state index in [1.165, 1.54) is 0 Å². The predicted molar refractivity (Wildman–Crippen MR) is 100 cm³/mol. The summed E-state index contributed by atoms with van der Waals surface area (Å²) in [7, 11) is -1.12. The second-order valence-corrected chi connectivity index (χ2v) is 8.99. The lowest BCUT2D eigenvalue weighted by Gasteiger charge is -2.41. The standard InChI is InChI=1S/C17H27N5O2S/c1-5-8-25(23,24)20-13-9-14(10-13)21(4)16-15-6-7-22(12(2)3)17(15)19-11-18-16/h6-7,11-14,20H,5,8-10H2,1-4H3. The van der Waals surface area contributed by atoms with Gasteiger partial charge in [-0.05, 0) is 39.2 Å². The minimum absolute atomic E-state index is 0.0293. The van der Waals surface area contributed by atoms with E-state index in [1.807, 2.05) is 20.2 Å². The summed E-state index contributed by atoms with van der Waals surface area (Å²) in [5.74, 6) is 1.10. The van der Waals surface area contributed by atoms with Gasteiger partial charge in [-0.3, -0.25) is 0 Å². The number of hydrogen-bond donors (Lipinski definition) is 1. The van der Waals surface area contributed by atoms with E-state index in [-0.39, 0.29) is 17.8 Å². The summed E-state index contributed by atoms with van der Waals surface area (Å²) >= 11 is 0. The van der Waals surface area contributed by atoms with E-state index in [0.717, 1.165) is 29.7 Å². The number of fused-ring (bicyclic) bond motifs is 1. The van der Waals surface area contributed by atoms with Crippen molar-refractivity contribution in [2.24, 2.45) is 0 Å². The Kier molecular flexibility index (Phi) is 5.02. The molecule has 0 aromatic carbocycles. The fourth-order valence-electron chi connectivity index (χ4n) is 3.41. The average molecular weight is 366 g/mol. The SMILES string of the molecule is CCCS(=O)(=O)NC1CC(N(C)c2ncnc3c2ccn3C(C)C)C1. The van der Waals surface area contributed by atoms with Crippen LogP contribution in [0, 0.1) is 0 Å². The van der Waals surface area contributed by atoms with Crippen molar-refractivity contribution in [3.63, 3.8) is 0 Å². The third-order valence-corrected chi connectivity index (χ3v) is 6.50. The van der Waals surface area contributed by atoms with Gasteiger partial charge >= 0.3 is 0 Å². The van der Waals surface area contributed by atoms with E-state index in [9.17, 15) is 8.42 Å². The maximum Gasteiger partial charge on any atom is 0.211 e. The molecule has 1 N–H and O–H groups in total. The Morgan fingerprint density at radius 3 is 2.72 bits per heavy atom. The Morgan fingerprint density at radius 1 is 1.36 bits per heavy atom. The van der Waals surface area contributed by atoms with Gasteiger partial charge in [0.25, 0.3) is 0 Å². The van der Waals surface area contributed by atoms with Crippen LogP contribution in [0.4, 0.5) is 5.82 Å². The van der Waals surface area contributed by atoms with Crippen LogP contribution in [-0.4, -0.2) is 47.8 Å². The third kappa shape index (κ3) is 3.64. The van der Waals surface area contributed by atoms with Crippen molar-refractivity contribution >= 4 is 26.9 Å². The molecule has 1 saturated carbocycles. The summed E-state index contributed by atoms with van der Waals surface area (Å²) < 4.78 is 28.7. The van der Waals surface area contributed by atoms with Crippen molar-refractivity contribution in [3.8, 4) is 0 Å². The molecule has 0 saturated heterocycles. The van der Waals surface area contributed by atoms with Crippen LogP contribution in [0.15, 0.2) is 18.6 Å². The monoisotopic (exact) mass is 365 g/mol. The Morgan fingerprint density at radius 2 is 2.08 bits per heavy atom. The molecule has 138 valence electrons. The highest BCUT2D eigenvalue weighted by atomic mass is 32.2. The molecular formula is C17H27N5O2S. The van der Waals surface area contributed by atoms with Crippen LogP contribution in [-0.2, 0) is 10.0 Å². The molecule has 2 heterocycles. The highest BCUT2D eigenvalue weighted by Crippen LogP contribution is 2.32. The van der Waals surface area contributed by atoms with Crippen LogP contribution in [0.25, 0.3) is 11.0 Å². The zero-order valence-electron chi connectivity index (χ0n) is 15.3. The number of hydrogen-bond acceptors (Lipinski definition) is 5. The zero-order valence-corrected chi connectivity index (χ0v) is 16.1. The molecular weight excluding hydrogens is 338 g/mol. The summed E-state index contributed by atoms with van der Waals surface area (Å²) in [6, 6.07) is 2.71. The number of nitrogens with zero attached hydrogens (tertiary/aromatic N) is 4. The highest BCUT2D eigenvalue weighted by Gasteiger charge is 2.35. The van der Waals surface area contributed by atoms with E-state index in [4.69, 9.17) is 0 Å². The van der Waals surface area contributed by atoms with Crippen LogP contribution >= 0.6 is 0 Å². The molecule has 1 fully saturated rings. The molecule has 2 aromatic rings. The number of nitrogens with one attached hydrogen (secondary N) is 1. The molecule has 0 bridgehead atoms. The molecule has 25 heavy (non-hydrogen) atoms. The molecule has 0 aliphatic heterocycles. The summed E-state index contributed by atoms with van der Waals surface area (Å²) in [5, 5.41) is 1.04. The summed E-state index contributed by atoms with van der Waals surface area (Å²) in [5.41, 5.74) is 0.936. The van der Waals surface area contributed by atoms with Gasteiger partial charge in [-0.2, -0.15) is 0 Å². The summed E-state index contributed by atoms with van der Waals surface area (Å²) in [6.07, 6.45) is 5.89. The smallest absolute Gasteiger partial charge is 0.211 e. The Hall–Kier alpha value is -1.67. The first kappa shape index (κ1) is 18.1. The second-order valence-electron chi connectivity index (χ2n) is 7.12. The first-order chi connectivity index (χ1) is 11.8. The summed E-state index contributed by atoms with van der Waals surface area (Å²) in [6.45, 7) is 6.13. The first-order valence-corrected chi connectivity index (χ1v) is 10.5. The van der Waals surface area contributed by atoms with E-state index < -0.39 is 10.0 Å². The Labute approximate surface area is 149 Å². The second kappa shape index (κ2) is 6.92. The van der Waals surface area contributed by atoms with Gasteiger partial charge in [-0.25, -0.2) is 23.1 Å².